The van der Waals surface area contributed by atoms with Crippen molar-refractivity contribution in [3.05, 3.63) is 60.1 Å². The number of para-hydroxylation sites is 1. The van der Waals surface area contributed by atoms with Crippen LogP contribution < -0.4 is 4.74 Å². The maximum Gasteiger partial charge on any atom is 0.250 e. The summed E-state index contributed by atoms with van der Waals surface area (Å²) < 4.78 is 10.7. The molecule has 0 aliphatic heterocycles. The number of ether oxygens (including phenoxy) is 1. The molecular weight excluding hydrogens is 242 g/mol. The highest BCUT2D eigenvalue weighted by Gasteiger charge is 2.19. The van der Waals surface area contributed by atoms with Crippen LogP contribution in [0.4, 0.5) is 0 Å². The molecular formula is C15H11NO3. The largest absolute Gasteiger partial charge is 0.494 e. The molecule has 0 radical (unpaired) electrons. The number of methoxy groups -OCH3 is 1. The van der Waals surface area contributed by atoms with Gasteiger partial charge < -0.3 is 9.15 Å². The van der Waals surface area contributed by atoms with Gasteiger partial charge in [0, 0.05) is 11.6 Å². The minimum atomic E-state index is -0.284. The lowest BCUT2D eigenvalue weighted by molar-refractivity contribution is 0.100. The zero-order chi connectivity index (χ0) is 13.2. The van der Waals surface area contributed by atoms with E-state index in [0.717, 1.165) is 5.39 Å². The van der Waals surface area contributed by atoms with Crippen LogP contribution >= 0.6 is 0 Å². The molecule has 0 fully saturated rings. The van der Waals surface area contributed by atoms with Gasteiger partial charge in [-0.25, -0.2) is 4.98 Å². The summed E-state index contributed by atoms with van der Waals surface area (Å²) in [4.78, 5) is 16.4. The first-order chi connectivity index (χ1) is 9.29. The van der Waals surface area contributed by atoms with Crippen molar-refractivity contribution in [2.75, 3.05) is 7.11 Å². The Morgan fingerprint density at radius 1 is 1.21 bits per heavy atom. The third kappa shape index (κ3) is 1.97. The molecule has 0 atom stereocenters. The summed E-state index contributed by atoms with van der Waals surface area (Å²) in [7, 11) is 1.51. The number of hydrogen-bond donors (Lipinski definition) is 0. The standard InChI is InChI=1S/C15H11NO3/c1-18-12-7-4-8-16-14(12)15(17)13-9-10-5-2-3-6-11(10)19-13/h2-9H,1H3. The third-order valence-corrected chi connectivity index (χ3v) is 2.85. The Morgan fingerprint density at radius 2 is 2.05 bits per heavy atom. The van der Waals surface area contributed by atoms with Crippen LogP contribution in [0.25, 0.3) is 11.0 Å². The number of nitrogens with zero attached hydrogens (tertiary/aromatic N) is 1. The molecule has 0 saturated carbocycles. The average molecular weight is 253 g/mol. The van der Waals surface area contributed by atoms with Crippen molar-refractivity contribution >= 4 is 16.8 Å². The number of carbonyl (C=O) groups excluding carboxylic acids is 1. The van der Waals surface area contributed by atoms with Crippen LogP contribution in [0.1, 0.15) is 16.2 Å². The number of ketones is 1. The van der Waals surface area contributed by atoms with Gasteiger partial charge in [-0.1, -0.05) is 18.2 Å². The fourth-order valence-corrected chi connectivity index (χ4v) is 1.94. The number of pyridine rings is 1. The summed E-state index contributed by atoms with van der Waals surface area (Å²) in [5.41, 5.74) is 0.935. The van der Waals surface area contributed by atoms with Gasteiger partial charge in [-0.15, -0.1) is 0 Å². The molecule has 4 heteroatoms. The minimum absolute atomic E-state index is 0.254. The van der Waals surface area contributed by atoms with Gasteiger partial charge >= 0.3 is 0 Å². The smallest absolute Gasteiger partial charge is 0.250 e. The van der Waals surface area contributed by atoms with E-state index >= 15 is 0 Å². The van der Waals surface area contributed by atoms with E-state index in [1.54, 1.807) is 24.4 Å². The van der Waals surface area contributed by atoms with Crippen LogP contribution in [-0.4, -0.2) is 17.9 Å². The summed E-state index contributed by atoms with van der Waals surface area (Å²) in [6.45, 7) is 0. The van der Waals surface area contributed by atoms with E-state index in [2.05, 4.69) is 4.98 Å². The van der Waals surface area contributed by atoms with Crippen molar-refractivity contribution in [2.24, 2.45) is 0 Å². The van der Waals surface area contributed by atoms with Crippen LogP contribution in [0.5, 0.6) is 5.75 Å². The lowest BCUT2D eigenvalue weighted by Gasteiger charge is -2.03. The zero-order valence-corrected chi connectivity index (χ0v) is 10.3. The fraction of sp³-hybridized carbons (Fsp3) is 0.0667. The molecule has 0 aliphatic carbocycles. The van der Waals surface area contributed by atoms with Crippen LogP contribution in [0.15, 0.2) is 53.1 Å². The lowest BCUT2D eigenvalue weighted by Crippen LogP contribution is -2.05. The molecule has 1 aromatic carbocycles. The maximum absolute atomic E-state index is 12.4. The van der Waals surface area contributed by atoms with Gasteiger partial charge in [-0.3, -0.25) is 4.79 Å². The van der Waals surface area contributed by atoms with Gasteiger partial charge in [0.05, 0.1) is 7.11 Å². The quantitative estimate of drug-likeness (QED) is 0.673. The van der Waals surface area contributed by atoms with Crippen molar-refractivity contribution in [1.82, 2.24) is 4.98 Å². The second-order valence-electron chi connectivity index (χ2n) is 4.03. The molecule has 0 aliphatic rings. The highest BCUT2D eigenvalue weighted by Crippen LogP contribution is 2.23. The van der Waals surface area contributed by atoms with Crippen molar-refractivity contribution in [3.63, 3.8) is 0 Å². The molecule has 2 heterocycles. The monoisotopic (exact) mass is 253 g/mol. The van der Waals surface area contributed by atoms with Crippen molar-refractivity contribution in [2.45, 2.75) is 0 Å². The van der Waals surface area contributed by atoms with Crippen LogP contribution in [-0.2, 0) is 0 Å². The summed E-state index contributed by atoms with van der Waals surface area (Å²) in [5, 5.41) is 0.890. The van der Waals surface area contributed by atoms with E-state index in [4.69, 9.17) is 9.15 Å². The molecule has 3 aromatic rings. The predicted octanol–water partition coefficient (Wildman–Crippen LogP) is 3.07. The maximum atomic E-state index is 12.4. The molecule has 4 nitrogen and oxygen atoms in total. The molecule has 0 amide bonds. The SMILES string of the molecule is COc1cccnc1C(=O)c1cc2ccccc2o1. The molecule has 0 spiro atoms. The van der Waals surface area contributed by atoms with E-state index in [9.17, 15) is 4.79 Å². The van der Waals surface area contributed by atoms with Gasteiger partial charge in [-0.2, -0.15) is 0 Å². The Bertz CT molecular complexity index is 713. The average Bonchev–Trinajstić information content (AvgIpc) is 2.90. The molecule has 3 rings (SSSR count). The first-order valence-electron chi connectivity index (χ1n) is 5.82. The molecule has 0 unspecified atom stereocenters. The van der Waals surface area contributed by atoms with Gasteiger partial charge in [0.15, 0.2) is 11.5 Å². The Kier molecular flexibility index (Phi) is 2.76. The zero-order valence-electron chi connectivity index (χ0n) is 10.3. The summed E-state index contributed by atoms with van der Waals surface area (Å²) in [6, 6.07) is 12.6. The molecule has 0 N–H and O–H groups in total. The van der Waals surface area contributed by atoms with Crippen molar-refractivity contribution < 1.29 is 13.9 Å². The predicted molar refractivity (Wildman–Crippen MR) is 70.4 cm³/mol. The van der Waals surface area contributed by atoms with Gasteiger partial charge in [-0.05, 0) is 24.3 Å². The second kappa shape index (κ2) is 4.57. The van der Waals surface area contributed by atoms with Crippen LogP contribution in [0.3, 0.4) is 0 Å². The number of benzene rings is 1. The van der Waals surface area contributed by atoms with Gasteiger partial charge in [0.2, 0.25) is 5.78 Å². The van der Waals surface area contributed by atoms with Gasteiger partial charge in [0.25, 0.3) is 0 Å². The topological polar surface area (TPSA) is 52.3 Å². The van der Waals surface area contributed by atoms with Crippen molar-refractivity contribution in [3.8, 4) is 5.75 Å². The highest BCUT2D eigenvalue weighted by molar-refractivity contribution is 6.09. The number of aromatic nitrogens is 1. The summed E-state index contributed by atoms with van der Waals surface area (Å²) >= 11 is 0. The first kappa shape index (κ1) is 11.5. The van der Waals surface area contributed by atoms with E-state index < -0.39 is 0 Å². The molecule has 2 aromatic heterocycles. The van der Waals surface area contributed by atoms with Crippen molar-refractivity contribution in [1.29, 1.82) is 0 Å². The number of rotatable bonds is 3. The third-order valence-electron chi connectivity index (χ3n) is 2.85. The second-order valence-corrected chi connectivity index (χ2v) is 4.03. The van der Waals surface area contributed by atoms with Crippen LogP contribution in [0.2, 0.25) is 0 Å². The molecule has 19 heavy (non-hydrogen) atoms. The minimum Gasteiger partial charge on any atom is -0.494 e. The number of carbonyl (C=O) groups is 1. The van der Waals surface area contributed by atoms with Gasteiger partial charge in [0.1, 0.15) is 11.3 Å². The number of fused-ring (bicyclic) bond motifs is 1. The Morgan fingerprint density at radius 3 is 2.84 bits per heavy atom. The molecule has 0 bridgehead atoms. The fourth-order valence-electron chi connectivity index (χ4n) is 1.94. The normalized spacial score (nSPS) is 10.6. The molecule has 94 valence electrons. The highest BCUT2D eigenvalue weighted by atomic mass is 16.5. The van der Waals surface area contributed by atoms with Crippen LogP contribution in [0, 0.1) is 0 Å². The molecule has 0 saturated heterocycles. The summed E-state index contributed by atoms with van der Waals surface area (Å²) in [6.07, 6.45) is 1.55. The Labute approximate surface area is 109 Å². The summed E-state index contributed by atoms with van der Waals surface area (Å²) in [5.74, 6) is 0.416. The van der Waals surface area contributed by atoms with E-state index in [-0.39, 0.29) is 17.2 Å². The first-order valence-corrected chi connectivity index (χ1v) is 5.82. The van der Waals surface area contributed by atoms with E-state index in [1.807, 2.05) is 24.3 Å². The number of furan rings is 1. The Hall–Kier alpha value is -2.62. The number of hydrogen-bond acceptors (Lipinski definition) is 4. The Balaban J connectivity index is 2.08. The van der Waals surface area contributed by atoms with E-state index in [1.165, 1.54) is 7.11 Å². The lowest BCUT2D eigenvalue weighted by atomic mass is 10.2. The van der Waals surface area contributed by atoms with E-state index in [0.29, 0.717) is 11.3 Å².